The normalized spacial score (nSPS) is 11.0. The van der Waals surface area contributed by atoms with Crippen LogP contribution in [0.3, 0.4) is 0 Å². The molecule has 2 N–H and O–H groups in total. The van der Waals surface area contributed by atoms with Gasteiger partial charge < -0.3 is 5.73 Å². The number of aromatic nitrogens is 1. The van der Waals surface area contributed by atoms with Crippen LogP contribution >= 0.6 is 23.2 Å². The summed E-state index contributed by atoms with van der Waals surface area (Å²) in [5.41, 5.74) is 8.32. The van der Waals surface area contributed by atoms with E-state index in [2.05, 4.69) is 0 Å². The number of nitrogen functional groups attached to an aromatic ring is 1. The predicted molar refractivity (Wildman–Crippen MR) is 87.3 cm³/mol. The smallest absolute Gasteiger partial charge is 0.265 e. The van der Waals surface area contributed by atoms with Gasteiger partial charge in [0.25, 0.3) is 5.91 Å². The number of carbonyl (C=O) groups is 1. The van der Waals surface area contributed by atoms with E-state index in [4.69, 9.17) is 28.9 Å². The number of aryl methyl sites for hydroxylation is 1. The van der Waals surface area contributed by atoms with Crippen molar-refractivity contribution < 1.29 is 4.79 Å². The summed E-state index contributed by atoms with van der Waals surface area (Å²) in [6.07, 6.45) is 0. The summed E-state index contributed by atoms with van der Waals surface area (Å²) in [7, 11) is 0. The quantitative estimate of drug-likeness (QED) is 0.670. The Balaban J connectivity index is 2.25. The lowest BCUT2D eigenvalue weighted by atomic mass is 10.2. The van der Waals surface area contributed by atoms with E-state index < -0.39 is 0 Å². The van der Waals surface area contributed by atoms with Gasteiger partial charge in [0.2, 0.25) is 0 Å². The van der Waals surface area contributed by atoms with E-state index in [-0.39, 0.29) is 5.91 Å². The van der Waals surface area contributed by atoms with Crippen molar-refractivity contribution in [2.45, 2.75) is 6.92 Å². The Hall–Kier alpha value is -1.97. The Morgan fingerprint density at radius 1 is 1.10 bits per heavy atom. The molecule has 3 aromatic rings. The number of hydrogen-bond acceptors (Lipinski definition) is 2. The lowest BCUT2D eigenvalue weighted by Crippen LogP contribution is -2.14. The third-order valence-corrected chi connectivity index (χ3v) is 4.02. The van der Waals surface area contributed by atoms with Gasteiger partial charge in [0.15, 0.2) is 0 Å². The van der Waals surface area contributed by atoms with E-state index in [0.717, 1.165) is 16.6 Å². The van der Waals surface area contributed by atoms with Crippen LogP contribution in [0.25, 0.3) is 10.9 Å². The maximum atomic E-state index is 12.8. The molecule has 3 nitrogen and oxygen atoms in total. The largest absolute Gasteiger partial charge is 0.399 e. The molecule has 0 spiro atoms. The molecule has 0 radical (unpaired) electrons. The fourth-order valence-electron chi connectivity index (χ4n) is 2.46. The Morgan fingerprint density at radius 2 is 1.76 bits per heavy atom. The molecule has 0 amide bonds. The fraction of sp³-hybridized carbons (Fsp3) is 0.0625. The van der Waals surface area contributed by atoms with E-state index in [9.17, 15) is 4.79 Å². The first-order chi connectivity index (χ1) is 9.99. The topological polar surface area (TPSA) is 48.0 Å². The highest BCUT2D eigenvalue weighted by Gasteiger charge is 2.19. The highest BCUT2D eigenvalue weighted by Crippen LogP contribution is 2.29. The SMILES string of the molecule is Cc1cc2cc(N)ccc2n1C(=O)c1c(Cl)cccc1Cl. The monoisotopic (exact) mass is 318 g/mol. The van der Waals surface area contributed by atoms with Crippen molar-refractivity contribution in [3.8, 4) is 0 Å². The van der Waals surface area contributed by atoms with Crippen molar-refractivity contribution >= 4 is 45.7 Å². The fourth-order valence-corrected chi connectivity index (χ4v) is 3.01. The average Bonchev–Trinajstić information content (AvgIpc) is 2.73. The van der Waals surface area contributed by atoms with E-state index in [1.165, 1.54) is 0 Å². The van der Waals surface area contributed by atoms with Crippen LogP contribution in [-0.4, -0.2) is 10.5 Å². The molecule has 0 saturated carbocycles. The number of nitrogens with zero attached hydrogens (tertiary/aromatic N) is 1. The van der Waals surface area contributed by atoms with Gasteiger partial charge in [-0.1, -0.05) is 29.3 Å². The molecule has 0 bridgehead atoms. The predicted octanol–water partition coefficient (Wildman–Crippen LogP) is 4.53. The molecule has 5 heteroatoms. The van der Waals surface area contributed by atoms with Crippen molar-refractivity contribution in [2.75, 3.05) is 5.73 Å². The third kappa shape index (κ3) is 2.28. The van der Waals surface area contributed by atoms with Crippen LogP contribution in [0.4, 0.5) is 5.69 Å². The Labute approximate surface area is 131 Å². The molecule has 0 atom stereocenters. The van der Waals surface area contributed by atoms with Crippen molar-refractivity contribution in [3.63, 3.8) is 0 Å². The summed E-state index contributed by atoms with van der Waals surface area (Å²) >= 11 is 12.3. The van der Waals surface area contributed by atoms with E-state index >= 15 is 0 Å². The molecule has 0 aliphatic heterocycles. The molecule has 3 rings (SSSR count). The molecule has 0 unspecified atom stereocenters. The van der Waals surface area contributed by atoms with Gasteiger partial charge in [-0.3, -0.25) is 9.36 Å². The summed E-state index contributed by atoms with van der Waals surface area (Å²) in [6.45, 7) is 1.86. The number of nitrogens with two attached hydrogens (primary N) is 1. The molecule has 106 valence electrons. The molecule has 0 fully saturated rings. The number of fused-ring (bicyclic) bond motifs is 1. The highest BCUT2D eigenvalue weighted by molar-refractivity contribution is 6.40. The second-order valence-corrected chi connectivity index (χ2v) is 5.66. The zero-order valence-electron chi connectivity index (χ0n) is 11.2. The Bertz CT molecular complexity index is 848. The Kier molecular flexibility index (Phi) is 3.40. The summed E-state index contributed by atoms with van der Waals surface area (Å²) in [4.78, 5) is 12.8. The number of benzene rings is 2. The van der Waals surface area contributed by atoms with Gasteiger partial charge in [0, 0.05) is 16.8 Å². The third-order valence-electron chi connectivity index (χ3n) is 3.39. The van der Waals surface area contributed by atoms with Gasteiger partial charge in [0.1, 0.15) is 0 Å². The van der Waals surface area contributed by atoms with Crippen LogP contribution in [0.5, 0.6) is 0 Å². The van der Waals surface area contributed by atoms with Crippen LogP contribution in [0.1, 0.15) is 16.1 Å². The van der Waals surface area contributed by atoms with Crippen LogP contribution < -0.4 is 5.73 Å². The van der Waals surface area contributed by atoms with Gasteiger partial charge in [-0.25, -0.2) is 0 Å². The van der Waals surface area contributed by atoms with Gasteiger partial charge in [0.05, 0.1) is 21.1 Å². The second-order valence-electron chi connectivity index (χ2n) is 4.84. The van der Waals surface area contributed by atoms with Gasteiger partial charge in [-0.05, 0) is 43.3 Å². The second kappa shape index (κ2) is 5.10. The number of rotatable bonds is 1. The lowest BCUT2D eigenvalue weighted by molar-refractivity contribution is 0.0963. The van der Waals surface area contributed by atoms with Crippen molar-refractivity contribution in [1.82, 2.24) is 4.57 Å². The minimum Gasteiger partial charge on any atom is -0.399 e. The van der Waals surface area contributed by atoms with E-state index in [1.54, 1.807) is 28.8 Å². The maximum Gasteiger partial charge on any atom is 0.265 e. The zero-order chi connectivity index (χ0) is 15.1. The summed E-state index contributed by atoms with van der Waals surface area (Å²) in [5, 5.41) is 1.58. The minimum absolute atomic E-state index is 0.247. The lowest BCUT2D eigenvalue weighted by Gasteiger charge is -2.10. The van der Waals surface area contributed by atoms with Gasteiger partial charge >= 0.3 is 0 Å². The van der Waals surface area contributed by atoms with Crippen LogP contribution in [-0.2, 0) is 0 Å². The van der Waals surface area contributed by atoms with Crippen molar-refractivity contribution in [3.05, 3.63) is 63.8 Å². The highest BCUT2D eigenvalue weighted by atomic mass is 35.5. The molecule has 0 saturated heterocycles. The molecule has 1 heterocycles. The van der Waals surface area contributed by atoms with Gasteiger partial charge in [-0.15, -0.1) is 0 Å². The molecule has 2 aromatic carbocycles. The molecular weight excluding hydrogens is 307 g/mol. The zero-order valence-corrected chi connectivity index (χ0v) is 12.7. The molecule has 0 aliphatic rings. The van der Waals surface area contributed by atoms with Crippen molar-refractivity contribution in [1.29, 1.82) is 0 Å². The summed E-state index contributed by atoms with van der Waals surface area (Å²) in [6, 6.07) is 12.3. The number of anilines is 1. The number of carbonyl (C=O) groups excluding carboxylic acids is 1. The number of halogens is 2. The van der Waals surface area contributed by atoms with E-state index in [0.29, 0.717) is 21.3 Å². The van der Waals surface area contributed by atoms with E-state index in [1.807, 2.05) is 25.1 Å². The van der Waals surface area contributed by atoms with Crippen molar-refractivity contribution in [2.24, 2.45) is 0 Å². The molecule has 21 heavy (non-hydrogen) atoms. The Morgan fingerprint density at radius 3 is 2.43 bits per heavy atom. The standard InChI is InChI=1S/C16H12Cl2N2O/c1-9-7-10-8-11(19)5-6-14(10)20(9)16(21)15-12(17)3-2-4-13(15)18/h2-8H,19H2,1H3. The molecule has 0 aliphatic carbocycles. The van der Waals surface area contributed by atoms with Gasteiger partial charge in [-0.2, -0.15) is 0 Å². The first kappa shape index (κ1) is 14.0. The maximum absolute atomic E-state index is 12.8. The average molecular weight is 319 g/mol. The number of hydrogen-bond donors (Lipinski definition) is 1. The minimum atomic E-state index is -0.247. The first-order valence-electron chi connectivity index (χ1n) is 6.35. The van der Waals surface area contributed by atoms with Crippen LogP contribution in [0.15, 0.2) is 42.5 Å². The van der Waals surface area contributed by atoms with Crippen LogP contribution in [0, 0.1) is 6.92 Å². The molecule has 1 aromatic heterocycles. The summed E-state index contributed by atoms with van der Waals surface area (Å²) < 4.78 is 1.60. The molecular formula is C16H12Cl2N2O. The van der Waals surface area contributed by atoms with Crippen LogP contribution in [0.2, 0.25) is 10.0 Å². The first-order valence-corrected chi connectivity index (χ1v) is 7.11. The summed E-state index contributed by atoms with van der Waals surface area (Å²) in [5.74, 6) is -0.247.